The van der Waals surface area contributed by atoms with Crippen molar-refractivity contribution in [3.8, 4) is 0 Å². The Kier molecular flexibility index (Phi) is 3.65. The fourth-order valence-electron chi connectivity index (χ4n) is 1.84. The van der Waals surface area contributed by atoms with Crippen molar-refractivity contribution in [1.29, 1.82) is 0 Å². The average molecular weight is 245 g/mol. The number of nitrogens with zero attached hydrogens (tertiary/aromatic N) is 2. The third-order valence-electron chi connectivity index (χ3n) is 2.95. The molecule has 4 heteroatoms. The molecule has 0 spiro atoms. The van der Waals surface area contributed by atoms with Gasteiger partial charge in [-0.1, -0.05) is 19.9 Å². The van der Waals surface area contributed by atoms with Gasteiger partial charge in [0.25, 0.3) is 0 Å². The summed E-state index contributed by atoms with van der Waals surface area (Å²) in [5.74, 6) is 0.128. The normalized spacial score (nSPS) is 11.1. The molecule has 0 bridgehead atoms. The highest BCUT2D eigenvalue weighted by Crippen LogP contribution is 2.08. The first kappa shape index (κ1) is 12.6. The predicted octanol–water partition coefficient (Wildman–Crippen LogP) is 1.96. The van der Waals surface area contributed by atoms with Gasteiger partial charge < -0.3 is 9.72 Å². The van der Waals surface area contributed by atoms with Crippen LogP contribution in [0.5, 0.6) is 0 Å². The highest BCUT2D eigenvalue weighted by Gasteiger charge is 2.07. The molecule has 0 aromatic carbocycles. The predicted molar refractivity (Wildman–Crippen MR) is 71.5 cm³/mol. The molecular formula is C14H19N3O. The average Bonchev–Trinajstić information content (AvgIpc) is 2.73. The molecule has 2 rings (SSSR count). The van der Waals surface area contributed by atoms with Crippen LogP contribution in [0.1, 0.15) is 25.2 Å². The molecule has 0 radical (unpaired) electrons. The highest BCUT2D eigenvalue weighted by atomic mass is 16.1. The molecule has 0 aliphatic carbocycles. The Bertz CT molecular complexity index is 557. The summed E-state index contributed by atoms with van der Waals surface area (Å²) in [6.07, 6.45) is 2.80. The van der Waals surface area contributed by atoms with E-state index in [0.717, 1.165) is 23.5 Å². The van der Waals surface area contributed by atoms with Crippen molar-refractivity contribution in [1.82, 2.24) is 14.7 Å². The first-order valence-electron chi connectivity index (χ1n) is 6.29. The van der Waals surface area contributed by atoms with Crippen molar-refractivity contribution < 1.29 is 4.79 Å². The number of carbonyl (C=O) groups is 1. The Hall–Kier alpha value is -1.84. The number of pyridine rings is 1. The molecular weight excluding hydrogens is 226 g/mol. The molecule has 0 fully saturated rings. The van der Waals surface area contributed by atoms with Crippen LogP contribution >= 0.6 is 0 Å². The molecule has 0 atom stereocenters. The van der Waals surface area contributed by atoms with Crippen LogP contribution in [0.3, 0.4) is 0 Å². The zero-order chi connectivity index (χ0) is 13.1. The van der Waals surface area contributed by atoms with E-state index in [-0.39, 0.29) is 11.8 Å². The molecule has 0 aliphatic heterocycles. The van der Waals surface area contributed by atoms with Gasteiger partial charge in [-0.2, -0.15) is 0 Å². The standard InChI is InChI=1S/C14H19N3O/c1-10(2)14(18)15-8-7-12-9-17-11(3)5-4-6-13(17)16-12/h4-6,9-10H,7-8H2,1-3H3,(H,15,18). The van der Waals surface area contributed by atoms with Crippen molar-refractivity contribution in [2.45, 2.75) is 27.2 Å². The molecule has 2 aromatic heterocycles. The molecule has 0 saturated carbocycles. The van der Waals surface area contributed by atoms with Crippen molar-refractivity contribution in [2.75, 3.05) is 6.54 Å². The molecule has 96 valence electrons. The molecule has 0 saturated heterocycles. The number of imidazole rings is 1. The van der Waals surface area contributed by atoms with Gasteiger partial charge in [0, 0.05) is 30.8 Å². The molecule has 1 N–H and O–H groups in total. The van der Waals surface area contributed by atoms with Crippen LogP contribution in [-0.4, -0.2) is 21.8 Å². The SMILES string of the molecule is Cc1cccc2nc(CCNC(=O)C(C)C)cn12. The van der Waals surface area contributed by atoms with Crippen LogP contribution in [-0.2, 0) is 11.2 Å². The van der Waals surface area contributed by atoms with E-state index >= 15 is 0 Å². The van der Waals surface area contributed by atoms with Gasteiger partial charge in [-0.05, 0) is 19.1 Å². The Balaban J connectivity index is 2.00. The zero-order valence-electron chi connectivity index (χ0n) is 11.1. The number of carbonyl (C=O) groups excluding carboxylic acids is 1. The minimum absolute atomic E-state index is 0.0355. The first-order valence-corrected chi connectivity index (χ1v) is 6.29. The maximum absolute atomic E-state index is 11.4. The molecule has 1 amide bonds. The van der Waals surface area contributed by atoms with Gasteiger partial charge in [0.2, 0.25) is 5.91 Å². The Morgan fingerprint density at radius 2 is 2.22 bits per heavy atom. The molecule has 4 nitrogen and oxygen atoms in total. The van der Waals surface area contributed by atoms with Crippen molar-refractivity contribution >= 4 is 11.6 Å². The van der Waals surface area contributed by atoms with Crippen LogP contribution in [0.25, 0.3) is 5.65 Å². The van der Waals surface area contributed by atoms with Gasteiger partial charge >= 0.3 is 0 Å². The lowest BCUT2D eigenvalue weighted by Gasteiger charge is -2.05. The summed E-state index contributed by atoms with van der Waals surface area (Å²) in [6.45, 7) is 6.48. The monoisotopic (exact) mass is 245 g/mol. The van der Waals surface area contributed by atoms with Crippen molar-refractivity contribution in [3.05, 3.63) is 35.8 Å². The minimum Gasteiger partial charge on any atom is -0.355 e. The van der Waals surface area contributed by atoms with E-state index in [0.29, 0.717) is 6.54 Å². The second-order valence-corrected chi connectivity index (χ2v) is 4.82. The van der Waals surface area contributed by atoms with E-state index in [9.17, 15) is 4.79 Å². The number of nitrogens with one attached hydrogen (secondary N) is 1. The van der Waals surface area contributed by atoms with Gasteiger partial charge in [-0.15, -0.1) is 0 Å². The fourth-order valence-corrected chi connectivity index (χ4v) is 1.84. The lowest BCUT2D eigenvalue weighted by atomic mass is 10.2. The molecule has 2 aromatic rings. The molecule has 18 heavy (non-hydrogen) atoms. The van der Waals surface area contributed by atoms with Gasteiger partial charge in [-0.3, -0.25) is 4.79 Å². The third-order valence-corrected chi connectivity index (χ3v) is 2.95. The second kappa shape index (κ2) is 5.21. The molecule has 2 heterocycles. The zero-order valence-corrected chi connectivity index (χ0v) is 11.1. The Morgan fingerprint density at radius 1 is 1.44 bits per heavy atom. The summed E-state index contributed by atoms with van der Waals surface area (Å²) >= 11 is 0. The number of fused-ring (bicyclic) bond motifs is 1. The van der Waals surface area contributed by atoms with Crippen LogP contribution in [0, 0.1) is 12.8 Å². The fraction of sp³-hybridized carbons (Fsp3) is 0.429. The Morgan fingerprint density at radius 3 is 2.89 bits per heavy atom. The van der Waals surface area contributed by atoms with Crippen LogP contribution in [0.2, 0.25) is 0 Å². The van der Waals surface area contributed by atoms with E-state index in [1.807, 2.05) is 32.2 Å². The summed E-state index contributed by atoms with van der Waals surface area (Å²) in [5, 5.41) is 2.90. The largest absolute Gasteiger partial charge is 0.355 e. The Labute approximate surface area is 107 Å². The third kappa shape index (κ3) is 2.70. The number of aromatic nitrogens is 2. The smallest absolute Gasteiger partial charge is 0.222 e. The van der Waals surface area contributed by atoms with Gasteiger partial charge in [0.05, 0.1) is 5.69 Å². The summed E-state index contributed by atoms with van der Waals surface area (Å²) in [7, 11) is 0. The van der Waals surface area contributed by atoms with E-state index in [4.69, 9.17) is 0 Å². The molecule has 0 aliphatic rings. The topological polar surface area (TPSA) is 46.4 Å². The van der Waals surface area contributed by atoms with Crippen molar-refractivity contribution in [2.24, 2.45) is 5.92 Å². The number of aryl methyl sites for hydroxylation is 1. The van der Waals surface area contributed by atoms with Gasteiger partial charge in [0.15, 0.2) is 0 Å². The molecule has 0 unspecified atom stereocenters. The van der Waals surface area contributed by atoms with Crippen molar-refractivity contribution in [3.63, 3.8) is 0 Å². The van der Waals surface area contributed by atoms with E-state index in [1.54, 1.807) is 0 Å². The second-order valence-electron chi connectivity index (χ2n) is 4.82. The summed E-state index contributed by atoms with van der Waals surface area (Å²) < 4.78 is 2.07. The van der Waals surface area contributed by atoms with Gasteiger partial charge in [-0.25, -0.2) is 4.98 Å². The number of rotatable bonds is 4. The quantitative estimate of drug-likeness (QED) is 0.895. The lowest BCUT2D eigenvalue weighted by Crippen LogP contribution is -2.29. The van der Waals surface area contributed by atoms with Crippen LogP contribution in [0.4, 0.5) is 0 Å². The van der Waals surface area contributed by atoms with Crippen LogP contribution < -0.4 is 5.32 Å². The first-order chi connectivity index (χ1) is 8.58. The lowest BCUT2D eigenvalue weighted by molar-refractivity contribution is -0.123. The van der Waals surface area contributed by atoms with E-state index in [2.05, 4.69) is 27.7 Å². The van der Waals surface area contributed by atoms with Crippen LogP contribution in [0.15, 0.2) is 24.4 Å². The number of amides is 1. The van der Waals surface area contributed by atoms with Gasteiger partial charge in [0.1, 0.15) is 5.65 Å². The number of hydrogen-bond donors (Lipinski definition) is 1. The minimum atomic E-state index is 0.0355. The maximum Gasteiger partial charge on any atom is 0.222 e. The number of hydrogen-bond acceptors (Lipinski definition) is 2. The maximum atomic E-state index is 11.4. The van der Waals surface area contributed by atoms with E-state index in [1.165, 1.54) is 0 Å². The van der Waals surface area contributed by atoms with E-state index < -0.39 is 0 Å². The summed E-state index contributed by atoms with van der Waals surface area (Å²) in [5.41, 5.74) is 3.13. The summed E-state index contributed by atoms with van der Waals surface area (Å²) in [6, 6.07) is 6.05. The summed E-state index contributed by atoms with van der Waals surface area (Å²) in [4.78, 5) is 15.9. The highest BCUT2D eigenvalue weighted by molar-refractivity contribution is 5.77.